The molecule has 0 fully saturated rings. The molecule has 2 N–H and O–H groups in total. The molecule has 1 aromatic carbocycles. The van der Waals surface area contributed by atoms with Crippen molar-refractivity contribution in [1.82, 2.24) is 10.3 Å². The van der Waals surface area contributed by atoms with Gasteiger partial charge in [-0.3, -0.25) is 9.78 Å². The predicted octanol–water partition coefficient (Wildman–Crippen LogP) is 1.99. The van der Waals surface area contributed by atoms with Crippen LogP contribution in [-0.2, 0) is 16.1 Å². The summed E-state index contributed by atoms with van der Waals surface area (Å²) in [6.45, 7) is 2.85. The lowest BCUT2D eigenvalue weighted by Crippen LogP contribution is -2.27. The Bertz CT molecular complexity index is 642. The monoisotopic (exact) mass is 313 g/mol. The molecule has 120 valence electrons. The first kappa shape index (κ1) is 16.6. The van der Waals surface area contributed by atoms with Crippen LogP contribution >= 0.6 is 0 Å². The third-order valence-electron chi connectivity index (χ3n) is 3.02. The van der Waals surface area contributed by atoms with Crippen molar-refractivity contribution in [2.75, 3.05) is 18.5 Å². The van der Waals surface area contributed by atoms with Crippen molar-refractivity contribution in [1.29, 1.82) is 0 Å². The molecule has 1 aromatic heterocycles. The highest BCUT2D eigenvalue weighted by atomic mass is 16.5. The normalized spacial score (nSPS) is 10.1. The van der Waals surface area contributed by atoms with Gasteiger partial charge in [0.15, 0.2) is 0 Å². The average Bonchev–Trinajstić information content (AvgIpc) is 2.57. The number of carbonyl (C=O) groups is 2. The van der Waals surface area contributed by atoms with Gasteiger partial charge in [-0.25, -0.2) is 4.79 Å². The maximum absolute atomic E-state index is 11.8. The number of carbonyl (C=O) groups excluding carboxylic acids is 2. The summed E-state index contributed by atoms with van der Waals surface area (Å²) in [5.74, 6) is -0.527. The van der Waals surface area contributed by atoms with Gasteiger partial charge in [-0.15, -0.1) is 0 Å². The van der Waals surface area contributed by atoms with Crippen molar-refractivity contribution in [2.45, 2.75) is 13.5 Å². The van der Waals surface area contributed by atoms with E-state index < -0.39 is 0 Å². The molecule has 23 heavy (non-hydrogen) atoms. The lowest BCUT2D eigenvalue weighted by Gasteiger charge is -2.07. The van der Waals surface area contributed by atoms with Gasteiger partial charge >= 0.3 is 5.97 Å². The van der Waals surface area contributed by atoms with Gasteiger partial charge in [0.05, 0.1) is 18.7 Å². The fourth-order valence-corrected chi connectivity index (χ4v) is 1.93. The standard InChI is InChI=1S/C17H19N3O3/c1-2-23-17(22)14-5-7-15(8-6-14)20-16(21)12-19-11-13-4-3-9-18-10-13/h3-10,19H,2,11-12H2,1H3,(H,20,21). The molecule has 1 heterocycles. The minimum absolute atomic E-state index is 0.155. The van der Waals surface area contributed by atoms with E-state index in [0.29, 0.717) is 24.4 Å². The minimum Gasteiger partial charge on any atom is -0.462 e. The first-order valence-electron chi connectivity index (χ1n) is 7.35. The van der Waals surface area contributed by atoms with Crippen LogP contribution in [0.1, 0.15) is 22.8 Å². The fraction of sp³-hybridized carbons (Fsp3) is 0.235. The number of nitrogens with zero attached hydrogens (tertiary/aromatic N) is 1. The Labute approximate surface area is 134 Å². The molecule has 6 heteroatoms. The summed E-state index contributed by atoms with van der Waals surface area (Å²) in [7, 11) is 0. The van der Waals surface area contributed by atoms with Crippen LogP contribution in [0.15, 0.2) is 48.8 Å². The van der Waals surface area contributed by atoms with Crippen LogP contribution in [0.25, 0.3) is 0 Å². The fourth-order valence-electron chi connectivity index (χ4n) is 1.93. The molecule has 0 spiro atoms. The number of hydrogen-bond acceptors (Lipinski definition) is 5. The van der Waals surface area contributed by atoms with Gasteiger partial charge < -0.3 is 15.4 Å². The van der Waals surface area contributed by atoms with E-state index in [4.69, 9.17) is 4.74 Å². The number of ether oxygens (including phenoxy) is 1. The van der Waals surface area contributed by atoms with Gasteiger partial charge in [-0.05, 0) is 42.8 Å². The summed E-state index contributed by atoms with van der Waals surface area (Å²) in [5, 5.41) is 5.80. The molecule has 0 saturated carbocycles. The highest BCUT2D eigenvalue weighted by molar-refractivity contribution is 5.93. The zero-order valence-electron chi connectivity index (χ0n) is 12.9. The molecule has 2 rings (SSSR count). The summed E-state index contributed by atoms with van der Waals surface area (Å²) < 4.78 is 4.90. The summed E-state index contributed by atoms with van der Waals surface area (Å²) >= 11 is 0. The number of anilines is 1. The van der Waals surface area contributed by atoms with Crippen LogP contribution in [-0.4, -0.2) is 30.0 Å². The second-order valence-corrected chi connectivity index (χ2v) is 4.81. The molecule has 0 aliphatic carbocycles. The summed E-state index contributed by atoms with van der Waals surface area (Å²) in [6.07, 6.45) is 3.45. The van der Waals surface area contributed by atoms with E-state index in [9.17, 15) is 9.59 Å². The zero-order valence-corrected chi connectivity index (χ0v) is 12.9. The van der Waals surface area contributed by atoms with Gasteiger partial charge in [-0.2, -0.15) is 0 Å². The molecule has 6 nitrogen and oxygen atoms in total. The van der Waals surface area contributed by atoms with Gasteiger partial charge in [0.2, 0.25) is 5.91 Å². The third kappa shape index (κ3) is 5.52. The Kier molecular flexibility index (Phi) is 6.26. The Morgan fingerprint density at radius 2 is 1.96 bits per heavy atom. The van der Waals surface area contributed by atoms with Gasteiger partial charge in [0.25, 0.3) is 0 Å². The van der Waals surface area contributed by atoms with Crippen LogP contribution in [0.2, 0.25) is 0 Å². The minimum atomic E-state index is -0.372. The number of esters is 1. The molecule has 0 aliphatic heterocycles. The average molecular weight is 313 g/mol. The van der Waals surface area contributed by atoms with E-state index in [1.54, 1.807) is 43.6 Å². The molecule has 0 atom stereocenters. The van der Waals surface area contributed by atoms with E-state index in [-0.39, 0.29) is 18.4 Å². The lowest BCUT2D eigenvalue weighted by atomic mass is 10.2. The zero-order chi connectivity index (χ0) is 16.5. The summed E-state index contributed by atoms with van der Waals surface area (Å²) in [5.41, 5.74) is 2.10. The highest BCUT2D eigenvalue weighted by Gasteiger charge is 2.07. The SMILES string of the molecule is CCOC(=O)c1ccc(NC(=O)CNCc2cccnc2)cc1. The quantitative estimate of drug-likeness (QED) is 0.764. The molecule has 0 bridgehead atoms. The second kappa shape index (κ2) is 8.65. The van der Waals surface area contributed by atoms with Crippen molar-refractivity contribution in [3.8, 4) is 0 Å². The third-order valence-corrected chi connectivity index (χ3v) is 3.02. The Balaban J connectivity index is 1.77. The van der Waals surface area contributed by atoms with E-state index in [0.717, 1.165) is 5.56 Å². The van der Waals surface area contributed by atoms with Crippen LogP contribution in [0.4, 0.5) is 5.69 Å². The number of pyridine rings is 1. The molecular weight excluding hydrogens is 294 g/mol. The van der Waals surface area contributed by atoms with Crippen LogP contribution in [0.5, 0.6) is 0 Å². The number of hydrogen-bond donors (Lipinski definition) is 2. The maximum Gasteiger partial charge on any atom is 0.338 e. The first-order valence-corrected chi connectivity index (χ1v) is 7.35. The van der Waals surface area contributed by atoms with Crippen molar-refractivity contribution >= 4 is 17.6 Å². The number of nitrogens with one attached hydrogen (secondary N) is 2. The Morgan fingerprint density at radius 3 is 2.61 bits per heavy atom. The second-order valence-electron chi connectivity index (χ2n) is 4.81. The lowest BCUT2D eigenvalue weighted by molar-refractivity contribution is -0.115. The Hall–Kier alpha value is -2.73. The number of benzene rings is 1. The summed E-state index contributed by atoms with van der Waals surface area (Å²) in [4.78, 5) is 27.4. The number of amides is 1. The molecule has 0 aliphatic rings. The van der Waals surface area contributed by atoms with Crippen molar-refractivity contribution in [2.24, 2.45) is 0 Å². The van der Waals surface area contributed by atoms with E-state index in [1.807, 2.05) is 12.1 Å². The van der Waals surface area contributed by atoms with E-state index in [2.05, 4.69) is 15.6 Å². The van der Waals surface area contributed by atoms with Gasteiger partial charge in [0, 0.05) is 24.6 Å². The van der Waals surface area contributed by atoms with Crippen molar-refractivity contribution in [3.63, 3.8) is 0 Å². The topological polar surface area (TPSA) is 80.3 Å². The molecule has 2 aromatic rings. The highest BCUT2D eigenvalue weighted by Crippen LogP contribution is 2.10. The molecule has 1 amide bonds. The molecule has 0 unspecified atom stereocenters. The van der Waals surface area contributed by atoms with Crippen molar-refractivity contribution in [3.05, 3.63) is 59.9 Å². The van der Waals surface area contributed by atoms with Crippen LogP contribution in [0, 0.1) is 0 Å². The van der Waals surface area contributed by atoms with Gasteiger partial charge in [0.1, 0.15) is 0 Å². The molecule has 0 saturated heterocycles. The smallest absolute Gasteiger partial charge is 0.338 e. The first-order chi connectivity index (χ1) is 11.2. The molecular formula is C17H19N3O3. The molecule has 0 radical (unpaired) electrons. The summed E-state index contributed by atoms with van der Waals surface area (Å²) in [6, 6.07) is 10.4. The number of aromatic nitrogens is 1. The maximum atomic E-state index is 11.8. The Morgan fingerprint density at radius 1 is 1.17 bits per heavy atom. The van der Waals surface area contributed by atoms with Crippen LogP contribution < -0.4 is 10.6 Å². The van der Waals surface area contributed by atoms with Gasteiger partial charge in [-0.1, -0.05) is 6.07 Å². The van der Waals surface area contributed by atoms with E-state index in [1.165, 1.54) is 0 Å². The number of rotatable bonds is 7. The predicted molar refractivity (Wildman–Crippen MR) is 87.0 cm³/mol. The van der Waals surface area contributed by atoms with E-state index >= 15 is 0 Å². The van der Waals surface area contributed by atoms with Crippen molar-refractivity contribution < 1.29 is 14.3 Å². The van der Waals surface area contributed by atoms with Crippen LogP contribution in [0.3, 0.4) is 0 Å². The largest absolute Gasteiger partial charge is 0.462 e.